The molecule has 1 heterocycles. The van der Waals surface area contributed by atoms with Gasteiger partial charge in [-0.1, -0.05) is 63.6 Å². The van der Waals surface area contributed by atoms with E-state index in [4.69, 9.17) is 11.6 Å². The van der Waals surface area contributed by atoms with Gasteiger partial charge in [0, 0.05) is 4.88 Å². The highest BCUT2D eigenvalue weighted by atomic mass is 35.5. The highest BCUT2D eigenvalue weighted by Crippen LogP contribution is 2.33. The van der Waals surface area contributed by atoms with Gasteiger partial charge in [0.15, 0.2) is 0 Å². The van der Waals surface area contributed by atoms with Gasteiger partial charge >= 0.3 is 0 Å². The van der Waals surface area contributed by atoms with E-state index in [0.29, 0.717) is 0 Å². The first-order valence-electron chi connectivity index (χ1n) is 7.57. The Morgan fingerprint density at radius 1 is 1.10 bits per heavy atom. The molecule has 1 aromatic carbocycles. The van der Waals surface area contributed by atoms with Crippen LogP contribution < -0.4 is 5.32 Å². The first-order chi connectivity index (χ1) is 9.97. The molecule has 2 aromatic rings. The van der Waals surface area contributed by atoms with Crippen LogP contribution in [0, 0.1) is 0 Å². The highest BCUT2D eigenvalue weighted by Gasteiger charge is 2.19. The molecule has 2 rings (SSSR count). The second kappa shape index (κ2) is 6.95. The van der Waals surface area contributed by atoms with Crippen molar-refractivity contribution in [3.63, 3.8) is 0 Å². The summed E-state index contributed by atoms with van der Waals surface area (Å²) in [4.78, 5) is 1.27. The number of thiophene rings is 1. The molecule has 0 amide bonds. The lowest BCUT2D eigenvalue weighted by molar-refractivity contribution is 0.506. The zero-order chi connectivity index (χ0) is 15.5. The van der Waals surface area contributed by atoms with Crippen molar-refractivity contribution in [2.75, 3.05) is 6.54 Å². The van der Waals surface area contributed by atoms with Crippen molar-refractivity contribution in [1.29, 1.82) is 0 Å². The molecule has 0 aliphatic rings. The molecule has 21 heavy (non-hydrogen) atoms. The molecule has 1 nitrogen and oxygen atoms in total. The molecule has 0 spiro atoms. The summed E-state index contributed by atoms with van der Waals surface area (Å²) >= 11 is 7.73. The smallest absolute Gasteiger partial charge is 0.0931 e. The molecule has 114 valence electrons. The third kappa shape index (κ3) is 3.88. The molecule has 0 saturated carbocycles. The molecule has 0 aliphatic heterocycles. The van der Waals surface area contributed by atoms with Crippen LogP contribution in [0.1, 0.15) is 56.2 Å². The Kier molecular flexibility index (Phi) is 5.48. The lowest BCUT2D eigenvalue weighted by Gasteiger charge is -2.24. The first kappa shape index (κ1) is 16.5. The van der Waals surface area contributed by atoms with E-state index in [9.17, 15) is 0 Å². The molecule has 0 aliphatic carbocycles. The van der Waals surface area contributed by atoms with Crippen LogP contribution in [-0.2, 0) is 5.41 Å². The fraction of sp³-hybridized carbons (Fsp3) is 0.444. The van der Waals surface area contributed by atoms with E-state index in [2.05, 4.69) is 63.3 Å². The van der Waals surface area contributed by atoms with Gasteiger partial charge < -0.3 is 5.32 Å². The molecule has 0 bridgehead atoms. The Labute approximate surface area is 137 Å². The summed E-state index contributed by atoms with van der Waals surface area (Å²) in [6, 6.07) is 13.3. The fourth-order valence-electron chi connectivity index (χ4n) is 2.40. The van der Waals surface area contributed by atoms with E-state index in [-0.39, 0.29) is 11.5 Å². The van der Waals surface area contributed by atoms with Crippen molar-refractivity contribution >= 4 is 22.9 Å². The average Bonchev–Trinajstić information content (AvgIpc) is 2.91. The molecule has 0 saturated heterocycles. The van der Waals surface area contributed by atoms with Gasteiger partial charge in [-0.25, -0.2) is 0 Å². The summed E-state index contributed by atoms with van der Waals surface area (Å²) in [7, 11) is 0. The third-order valence-electron chi connectivity index (χ3n) is 4.20. The number of hydrogen-bond acceptors (Lipinski definition) is 2. The molecule has 1 N–H and O–H groups in total. The largest absolute Gasteiger partial charge is 0.306 e. The van der Waals surface area contributed by atoms with E-state index in [1.54, 1.807) is 11.3 Å². The SMILES string of the molecule is CCNC(c1ccc(C(C)(C)CC)cc1)c1ccc(Cl)s1. The summed E-state index contributed by atoms with van der Waals surface area (Å²) in [5.41, 5.74) is 2.93. The zero-order valence-corrected chi connectivity index (χ0v) is 14.8. The zero-order valence-electron chi connectivity index (χ0n) is 13.2. The summed E-state index contributed by atoms with van der Waals surface area (Å²) < 4.78 is 0.844. The minimum Gasteiger partial charge on any atom is -0.306 e. The van der Waals surface area contributed by atoms with Crippen molar-refractivity contribution in [2.45, 2.75) is 45.6 Å². The van der Waals surface area contributed by atoms with Crippen molar-refractivity contribution in [1.82, 2.24) is 5.32 Å². The molecule has 0 radical (unpaired) electrons. The van der Waals surface area contributed by atoms with Crippen LogP contribution in [0.2, 0.25) is 4.34 Å². The molecular formula is C18H24ClNS. The topological polar surface area (TPSA) is 12.0 Å². The number of benzene rings is 1. The van der Waals surface area contributed by atoms with Crippen molar-refractivity contribution in [3.8, 4) is 0 Å². The van der Waals surface area contributed by atoms with Gasteiger partial charge in [0.25, 0.3) is 0 Å². The van der Waals surface area contributed by atoms with E-state index >= 15 is 0 Å². The molecule has 1 atom stereocenters. The quantitative estimate of drug-likeness (QED) is 0.710. The highest BCUT2D eigenvalue weighted by molar-refractivity contribution is 7.16. The van der Waals surface area contributed by atoms with Gasteiger partial charge in [0.05, 0.1) is 10.4 Å². The predicted octanol–water partition coefficient (Wildman–Crippen LogP) is 5.79. The average molecular weight is 322 g/mol. The van der Waals surface area contributed by atoms with Crippen LogP contribution >= 0.6 is 22.9 Å². The maximum absolute atomic E-state index is 6.09. The Morgan fingerprint density at radius 2 is 1.76 bits per heavy atom. The standard InChI is InChI=1S/C18H24ClNS/c1-5-18(3,4)14-9-7-13(8-10-14)17(20-6-2)15-11-12-16(19)21-15/h7-12,17,20H,5-6H2,1-4H3. The molecule has 3 heteroatoms. The summed E-state index contributed by atoms with van der Waals surface area (Å²) in [6.45, 7) is 9.90. The Balaban J connectivity index is 2.29. The van der Waals surface area contributed by atoms with Gasteiger partial charge in [-0.3, -0.25) is 0 Å². The van der Waals surface area contributed by atoms with Gasteiger partial charge in [-0.2, -0.15) is 0 Å². The molecule has 1 unspecified atom stereocenters. The van der Waals surface area contributed by atoms with Crippen LogP contribution in [0.5, 0.6) is 0 Å². The monoisotopic (exact) mass is 321 g/mol. The minimum atomic E-state index is 0.228. The normalized spacial score (nSPS) is 13.4. The van der Waals surface area contributed by atoms with Crippen LogP contribution in [-0.4, -0.2) is 6.54 Å². The van der Waals surface area contributed by atoms with Crippen LogP contribution in [0.25, 0.3) is 0 Å². The Bertz CT molecular complexity index is 571. The Morgan fingerprint density at radius 3 is 2.24 bits per heavy atom. The second-order valence-electron chi connectivity index (χ2n) is 5.99. The van der Waals surface area contributed by atoms with E-state index in [1.165, 1.54) is 16.0 Å². The summed E-state index contributed by atoms with van der Waals surface area (Å²) in [5.74, 6) is 0. The van der Waals surface area contributed by atoms with Crippen molar-refractivity contribution < 1.29 is 0 Å². The van der Waals surface area contributed by atoms with Gasteiger partial charge in [-0.05, 0) is 41.6 Å². The van der Waals surface area contributed by atoms with Crippen LogP contribution in [0.3, 0.4) is 0 Å². The van der Waals surface area contributed by atoms with Crippen molar-refractivity contribution in [3.05, 3.63) is 56.7 Å². The van der Waals surface area contributed by atoms with Gasteiger partial charge in [0.1, 0.15) is 0 Å². The maximum Gasteiger partial charge on any atom is 0.0931 e. The summed E-state index contributed by atoms with van der Waals surface area (Å²) in [5, 5.41) is 3.55. The predicted molar refractivity (Wildman–Crippen MR) is 94.6 cm³/mol. The number of halogens is 1. The van der Waals surface area contributed by atoms with Gasteiger partial charge in [-0.15, -0.1) is 11.3 Å². The van der Waals surface area contributed by atoms with Crippen LogP contribution in [0.15, 0.2) is 36.4 Å². The number of hydrogen-bond donors (Lipinski definition) is 1. The van der Waals surface area contributed by atoms with Crippen molar-refractivity contribution in [2.24, 2.45) is 0 Å². The number of rotatable bonds is 6. The van der Waals surface area contributed by atoms with E-state index in [0.717, 1.165) is 17.3 Å². The van der Waals surface area contributed by atoms with Gasteiger partial charge in [0.2, 0.25) is 0 Å². The maximum atomic E-state index is 6.09. The lowest BCUT2D eigenvalue weighted by atomic mass is 9.82. The Hall–Kier alpha value is -0.830. The minimum absolute atomic E-state index is 0.228. The second-order valence-corrected chi connectivity index (χ2v) is 7.74. The van der Waals surface area contributed by atoms with E-state index in [1.807, 2.05) is 6.07 Å². The number of nitrogens with one attached hydrogen (secondary N) is 1. The molecule has 0 fully saturated rings. The summed E-state index contributed by atoms with van der Waals surface area (Å²) in [6.07, 6.45) is 1.14. The van der Waals surface area contributed by atoms with Crippen LogP contribution in [0.4, 0.5) is 0 Å². The molecular weight excluding hydrogens is 298 g/mol. The fourth-order valence-corrected chi connectivity index (χ4v) is 3.57. The van der Waals surface area contributed by atoms with E-state index < -0.39 is 0 Å². The first-order valence-corrected chi connectivity index (χ1v) is 8.76. The lowest BCUT2D eigenvalue weighted by Crippen LogP contribution is -2.21. The third-order valence-corrected chi connectivity index (χ3v) is 5.49. The molecule has 1 aromatic heterocycles.